The van der Waals surface area contributed by atoms with E-state index in [0.717, 1.165) is 42.5 Å². The molecule has 5 aromatic carbocycles. The number of hydrogen-bond acceptors (Lipinski definition) is 3. The van der Waals surface area contributed by atoms with Crippen LogP contribution in [0.15, 0.2) is 84.8 Å². The van der Waals surface area contributed by atoms with Crippen LogP contribution in [0.25, 0.3) is 54.3 Å². The Morgan fingerprint density at radius 3 is 1.91 bits per heavy atom. The Hall–Kier alpha value is -3.59. The zero-order chi connectivity index (χ0) is 30.7. The fourth-order valence-electron chi connectivity index (χ4n) is 6.54. The van der Waals surface area contributed by atoms with Gasteiger partial charge in [0.2, 0.25) is 0 Å². The Morgan fingerprint density at radius 2 is 1.32 bits per heavy atom. The summed E-state index contributed by atoms with van der Waals surface area (Å²) in [6, 6.07) is 27.6. The van der Waals surface area contributed by atoms with E-state index in [1.807, 2.05) is 27.7 Å². The summed E-state index contributed by atoms with van der Waals surface area (Å²) in [6.07, 6.45) is 6.96. The molecule has 4 heteroatoms. The number of allylic oxidation sites excluding steroid dienone is 2. The van der Waals surface area contributed by atoms with Gasteiger partial charge in [0.25, 0.3) is 0 Å². The van der Waals surface area contributed by atoms with Crippen LogP contribution in [0, 0.1) is 31.7 Å². The van der Waals surface area contributed by atoms with E-state index < -0.39 is 0 Å². The maximum Gasteiger partial charge on any atom is 0.162 e. The van der Waals surface area contributed by atoms with Crippen LogP contribution in [0.4, 0.5) is 0 Å². The van der Waals surface area contributed by atoms with Crippen molar-refractivity contribution in [2.24, 2.45) is 11.8 Å². The van der Waals surface area contributed by atoms with Gasteiger partial charge in [0.15, 0.2) is 5.78 Å². The monoisotopic (exact) mass is 761 g/mol. The third kappa shape index (κ3) is 6.43. The van der Waals surface area contributed by atoms with Gasteiger partial charge in [-0.05, 0) is 69.1 Å². The van der Waals surface area contributed by atoms with Crippen LogP contribution in [0.3, 0.4) is 0 Å². The number of aryl methyl sites for hydroxylation is 2. The molecule has 0 unspecified atom stereocenters. The van der Waals surface area contributed by atoms with Crippen LogP contribution in [-0.2, 0) is 24.9 Å². The second-order valence-corrected chi connectivity index (χ2v) is 11.7. The van der Waals surface area contributed by atoms with E-state index in [1.165, 1.54) is 54.7 Å². The number of rotatable bonds is 8. The summed E-state index contributed by atoms with van der Waals surface area (Å²) in [5.74, 6) is 0.547. The second-order valence-electron chi connectivity index (χ2n) is 11.7. The number of pyridine rings is 1. The minimum Gasteiger partial charge on any atom is -0.512 e. The number of carbonyl (C=O) groups excluding carboxylic acids is 1. The van der Waals surface area contributed by atoms with Crippen LogP contribution < -0.4 is 0 Å². The van der Waals surface area contributed by atoms with Gasteiger partial charge in [-0.15, -0.1) is 34.9 Å². The number of nitrogens with zero attached hydrogens (tertiary/aromatic N) is 1. The maximum absolute atomic E-state index is 11.7. The summed E-state index contributed by atoms with van der Waals surface area (Å²) in [7, 11) is 0. The number of ketones is 1. The fourth-order valence-corrected chi connectivity index (χ4v) is 6.54. The number of aromatic nitrogens is 1. The van der Waals surface area contributed by atoms with E-state index >= 15 is 0 Å². The van der Waals surface area contributed by atoms with Gasteiger partial charge < -0.3 is 10.1 Å². The van der Waals surface area contributed by atoms with Crippen molar-refractivity contribution in [3.63, 3.8) is 0 Å². The van der Waals surface area contributed by atoms with E-state index in [0.29, 0.717) is 0 Å². The predicted octanol–water partition coefficient (Wildman–Crippen LogP) is 11.1. The molecule has 1 heterocycles. The zero-order valence-electron chi connectivity index (χ0n) is 26.6. The molecule has 0 aliphatic carbocycles. The van der Waals surface area contributed by atoms with Crippen molar-refractivity contribution in [1.29, 1.82) is 0 Å². The van der Waals surface area contributed by atoms with Gasteiger partial charge in [-0.3, -0.25) is 4.79 Å². The molecule has 0 aliphatic heterocycles. The molecule has 0 aliphatic rings. The molecule has 0 atom stereocenters. The minimum atomic E-state index is 0. The summed E-state index contributed by atoms with van der Waals surface area (Å²) in [4.78, 5) is 16.6. The Labute approximate surface area is 275 Å². The van der Waals surface area contributed by atoms with Crippen molar-refractivity contribution in [2.75, 3.05) is 0 Å². The smallest absolute Gasteiger partial charge is 0.162 e. The first-order valence-electron chi connectivity index (χ1n) is 15.7. The third-order valence-corrected chi connectivity index (χ3v) is 8.88. The first-order chi connectivity index (χ1) is 20.8. The van der Waals surface area contributed by atoms with Gasteiger partial charge in [0.05, 0.1) is 5.76 Å². The average Bonchev–Trinajstić information content (AvgIpc) is 3.00. The Morgan fingerprint density at radius 1 is 0.773 bits per heavy atom. The summed E-state index contributed by atoms with van der Waals surface area (Å²) < 4.78 is 0. The number of hydrogen-bond donors (Lipinski definition) is 1. The van der Waals surface area contributed by atoms with E-state index in [-0.39, 0.29) is 43.5 Å². The molecule has 0 bridgehead atoms. The number of benzene rings is 5. The molecule has 0 amide bonds. The third-order valence-electron chi connectivity index (χ3n) is 8.88. The summed E-state index contributed by atoms with van der Waals surface area (Å²) in [6.45, 7) is 12.3. The number of fused-ring (bicyclic) bond motifs is 2. The van der Waals surface area contributed by atoms with Gasteiger partial charge >= 0.3 is 0 Å². The topological polar surface area (TPSA) is 50.2 Å². The Balaban J connectivity index is 0.000000239. The molecule has 0 saturated heterocycles. The van der Waals surface area contributed by atoms with E-state index in [2.05, 4.69) is 92.8 Å². The Bertz CT molecular complexity index is 1860. The van der Waals surface area contributed by atoms with E-state index in [4.69, 9.17) is 4.98 Å². The maximum atomic E-state index is 11.7. The van der Waals surface area contributed by atoms with Crippen LogP contribution in [-0.4, -0.2) is 15.9 Å². The van der Waals surface area contributed by atoms with Crippen LogP contribution in [0.1, 0.15) is 64.5 Å². The summed E-state index contributed by atoms with van der Waals surface area (Å²) >= 11 is 0. The molecule has 1 aromatic heterocycles. The SMILES string of the molecule is CCC(CC)C(=O)/C=C(\O)C(CC)CC.Cc1[c-]c(-c2ncc3c4cccc5cccc(c6cccc2c63)c54)cc(C)c1.[Ir]. The zero-order valence-corrected chi connectivity index (χ0v) is 29.0. The van der Waals surface area contributed by atoms with Gasteiger partial charge in [0.1, 0.15) is 0 Å². The summed E-state index contributed by atoms with van der Waals surface area (Å²) in [5, 5.41) is 20.0. The molecule has 1 N–H and O–H groups in total. The molecular weight excluding hydrogens is 719 g/mol. The minimum absolute atomic E-state index is 0. The normalized spacial score (nSPS) is 11.9. The molecule has 3 nitrogen and oxygen atoms in total. The van der Waals surface area contributed by atoms with Crippen molar-refractivity contribution in [3.8, 4) is 11.3 Å². The number of carbonyl (C=O) groups is 1. The first-order valence-corrected chi connectivity index (χ1v) is 15.7. The van der Waals surface area contributed by atoms with E-state index in [1.54, 1.807) is 0 Å². The van der Waals surface area contributed by atoms with Gasteiger partial charge in [0, 0.05) is 49.6 Å². The molecule has 6 rings (SSSR count). The second kappa shape index (κ2) is 14.5. The largest absolute Gasteiger partial charge is 0.512 e. The van der Waals surface area contributed by atoms with Gasteiger partial charge in [-0.25, -0.2) is 0 Å². The molecule has 1 radical (unpaired) electrons. The van der Waals surface area contributed by atoms with Gasteiger partial charge in [-0.2, -0.15) is 0 Å². The van der Waals surface area contributed by atoms with Gasteiger partial charge in [-0.1, -0.05) is 96.1 Å². The predicted molar refractivity (Wildman–Crippen MR) is 183 cm³/mol. The number of aliphatic hydroxyl groups is 1. The molecular formula is C40H42IrNO2-. The molecule has 0 saturated carbocycles. The van der Waals surface area contributed by atoms with E-state index in [9.17, 15) is 9.90 Å². The molecule has 0 spiro atoms. The van der Waals surface area contributed by atoms with Crippen LogP contribution in [0.5, 0.6) is 0 Å². The molecule has 0 fully saturated rings. The van der Waals surface area contributed by atoms with Crippen LogP contribution >= 0.6 is 0 Å². The van der Waals surface area contributed by atoms with Crippen molar-refractivity contribution >= 4 is 48.9 Å². The molecule has 44 heavy (non-hydrogen) atoms. The average molecular weight is 761 g/mol. The van der Waals surface area contributed by atoms with Crippen molar-refractivity contribution < 1.29 is 30.0 Å². The number of aliphatic hydroxyl groups excluding tert-OH is 1. The fraction of sp³-hybridized carbons (Fsp3) is 0.300. The Kier molecular flexibility index (Phi) is 10.9. The first kappa shape index (κ1) is 33.3. The standard InChI is InChI=1S/C27H18N.C13H24O2.Ir/c1-16-12-17(2)14-19(13-16)27-23-11-5-10-21-20-8-3-6-18-7-4-9-22(25(18)20)24(15-28-27)26(21)23;1-5-10(6-2)12(14)9-13(15)11(7-3)8-4;/h3-13,15H,1-2H3;9-11,14H,5-8H2,1-4H3;/q-1;;/b;12-9-;. The molecule has 229 valence electrons. The summed E-state index contributed by atoms with van der Waals surface area (Å²) in [5.41, 5.74) is 4.47. The van der Waals surface area contributed by atoms with Crippen molar-refractivity contribution in [3.05, 3.63) is 102 Å². The van der Waals surface area contributed by atoms with Crippen molar-refractivity contribution in [1.82, 2.24) is 4.98 Å². The molecule has 6 aromatic rings. The van der Waals surface area contributed by atoms with Crippen LogP contribution in [0.2, 0.25) is 0 Å². The van der Waals surface area contributed by atoms with Crippen molar-refractivity contribution in [2.45, 2.75) is 67.2 Å². The quantitative estimate of drug-likeness (QED) is 0.0553.